The standard InChI is InChI=1S/C13H8BrF3N2S/c14-7-1-3-11(9(16)5-7)18-13(20)19-12-4-2-8(15)6-10(12)17/h1-6H,(H2,18,19,20). The van der Waals surface area contributed by atoms with Crippen LogP contribution >= 0.6 is 28.1 Å². The lowest BCUT2D eigenvalue weighted by atomic mass is 10.3. The van der Waals surface area contributed by atoms with E-state index in [1.54, 1.807) is 6.07 Å². The Labute approximate surface area is 127 Å². The fraction of sp³-hybridized carbons (Fsp3) is 0. The molecular weight excluding hydrogens is 353 g/mol. The van der Waals surface area contributed by atoms with Crippen molar-refractivity contribution in [2.24, 2.45) is 0 Å². The van der Waals surface area contributed by atoms with Crippen molar-refractivity contribution < 1.29 is 13.2 Å². The van der Waals surface area contributed by atoms with E-state index in [-0.39, 0.29) is 16.5 Å². The summed E-state index contributed by atoms with van der Waals surface area (Å²) in [7, 11) is 0. The highest BCUT2D eigenvalue weighted by Crippen LogP contribution is 2.20. The van der Waals surface area contributed by atoms with E-state index in [2.05, 4.69) is 26.6 Å². The number of benzene rings is 2. The molecule has 0 saturated carbocycles. The van der Waals surface area contributed by atoms with Gasteiger partial charge in [-0.05, 0) is 42.5 Å². The molecule has 0 atom stereocenters. The molecule has 2 rings (SSSR count). The van der Waals surface area contributed by atoms with Crippen LogP contribution in [0.4, 0.5) is 24.5 Å². The SMILES string of the molecule is Fc1ccc(NC(=S)Nc2ccc(Br)cc2F)c(F)c1. The number of hydrogen-bond donors (Lipinski definition) is 2. The Kier molecular flexibility index (Phi) is 4.61. The van der Waals surface area contributed by atoms with Crippen LogP contribution in [0.15, 0.2) is 40.9 Å². The Balaban J connectivity index is 2.09. The summed E-state index contributed by atoms with van der Waals surface area (Å²) in [6.07, 6.45) is 0. The van der Waals surface area contributed by atoms with Gasteiger partial charge in [0.1, 0.15) is 17.5 Å². The topological polar surface area (TPSA) is 24.1 Å². The van der Waals surface area contributed by atoms with Crippen molar-refractivity contribution in [2.75, 3.05) is 10.6 Å². The van der Waals surface area contributed by atoms with Crippen molar-refractivity contribution in [1.29, 1.82) is 0 Å². The summed E-state index contributed by atoms with van der Waals surface area (Å²) in [5.41, 5.74) is 0.148. The van der Waals surface area contributed by atoms with E-state index in [0.29, 0.717) is 4.47 Å². The van der Waals surface area contributed by atoms with Gasteiger partial charge in [0, 0.05) is 10.5 Å². The molecule has 2 aromatic carbocycles. The first-order valence-electron chi connectivity index (χ1n) is 5.44. The van der Waals surface area contributed by atoms with Crippen LogP contribution in [-0.2, 0) is 0 Å². The van der Waals surface area contributed by atoms with Gasteiger partial charge < -0.3 is 10.6 Å². The van der Waals surface area contributed by atoms with Crippen molar-refractivity contribution in [2.45, 2.75) is 0 Å². The predicted octanol–water partition coefficient (Wildman–Crippen LogP) is 4.68. The number of halogens is 4. The third-order valence-corrected chi connectivity index (χ3v) is 3.06. The summed E-state index contributed by atoms with van der Waals surface area (Å²) >= 11 is 8.07. The van der Waals surface area contributed by atoms with Crippen LogP contribution in [-0.4, -0.2) is 5.11 Å². The molecule has 7 heteroatoms. The maximum absolute atomic E-state index is 13.6. The quantitative estimate of drug-likeness (QED) is 0.760. The Morgan fingerprint density at radius 1 is 0.900 bits per heavy atom. The van der Waals surface area contributed by atoms with Gasteiger partial charge in [-0.15, -0.1) is 0 Å². The number of hydrogen-bond acceptors (Lipinski definition) is 1. The lowest BCUT2D eigenvalue weighted by molar-refractivity contribution is 0.586. The van der Waals surface area contributed by atoms with Crippen molar-refractivity contribution in [3.05, 3.63) is 58.3 Å². The lowest BCUT2D eigenvalue weighted by Crippen LogP contribution is -2.20. The molecule has 0 amide bonds. The highest BCUT2D eigenvalue weighted by Gasteiger charge is 2.08. The van der Waals surface area contributed by atoms with Crippen molar-refractivity contribution >= 4 is 44.6 Å². The minimum atomic E-state index is -0.787. The van der Waals surface area contributed by atoms with Crippen LogP contribution in [0, 0.1) is 17.5 Å². The van der Waals surface area contributed by atoms with Crippen molar-refractivity contribution in [3.63, 3.8) is 0 Å². The van der Waals surface area contributed by atoms with Crippen LogP contribution in [0.3, 0.4) is 0 Å². The molecule has 0 aliphatic heterocycles. The van der Waals surface area contributed by atoms with Gasteiger partial charge in [-0.3, -0.25) is 0 Å². The maximum atomic E-state index is 13.6. The molecule has 0 saturated heterocycles. The van der Waals surface area contributed by atoms with Gasteiger partial charge in [0.05, 0.1) is 11.4 Å². The highest BCUT2D eigenvalue weighted by atomic mass is 79.9. The van der Waals surface area contributed by atoms with Gasteiger partial charge >= 0.3 is 0 Å². The van der Waals surface area contributed by atoms with E-state index in [1.807, 2.05) is 0 Å². The summed E-state index contributed by atoms with van der Waals surface area (Å²) in [4.78, 5) is 0. The largest absolute Gasteiger partial charge is 0.330 e. The molecule has 0 unspecified atom stereocenters. The summed E-state index contributed by atoms with van der Waals surface area (Å²) in [5, 5.41) is 5.12. The van der Waals surface area contributed by atoms with E-state index in [1.165, 1.54) is 18.2 Å². The molecular formula is C13H8BrF3N2S. The molecule has 0 aromatic heterocycles. The number of rotatable bonds is 2. The van der Waals surface area contributed by atoms with E-state index in [9.17, 15) is 13.2 Å². The maximum Gasteiger partial charge on any atom is 0.175 e. The van der Waals surface area contributed by atoms with E-state index in [4.69, 9.17) is 12.2 Å². The second-order valence-corrected chi connectivity index (χ2v) is 5.15. The molecule has 0 radical (unpaired) electrons. The Morgan fingerprint density at radius 2 is 1.45 bits per heavy atom. The summed E-state index contributed by atoms with van der Waals surface area (Å²) in [6, 6.07) is 7.40. The first-order valence-corrected chi connectivity index (χ1v) is 6.64. The number of thiocarbonyl (C=S) groups is 1. The van der Waals surface area contributed by atoms with Crippen molar-refractivity contribution in [1.82, 2.24) is 0 Å². The zero-order valence-electron chi connectivity index (χ0n) is 9.88. The first-order chi connectivity index (χ1) is 9.45. The fourth-order valence-electron chi connectivity index (χ4n) is 1.46. The number of anilines is 2. The molecule has 2 nitrogen and oxygen atoms in total. The molecule has 0 heterocycles. The average Bonchev–Trinajstić information content (AvgIpc) is 2.36. The molecule has 20 heavy (non-hydrogen) atoms. The zero-order chi connectivity index (χ0) is 14.7. The first kappa shape index (κ1) is 14.8. The molecule has 2 aromatic rings. The minimum absolute atomic E-state index is 0.00131. The fourth-order valence-corrected chi connectivity index (χ4v) is 2.01. The molecule has 0 aliphatic carbocycles. The van der Waals surface area contributed by atoms with Gasteiger partial charge in [-0.1, -0.05) is 15.9 Å². The van der Waals surface area contributed by atoms with Gasteiger partial charge in [0.2, 0.25) is 0 Å². The Bertz CT molecular complexity index is 609. The second kappa shape index (κ2) is 6.23. The average molecular weight is 361 g/mol. The Hall–Kier alpha value is -1.60. The third-order valence-electron chi connectivity index (χ3n) is 2.36. The molecule has 0 spiro atoms. The monoisotopic (exact) mass is 360 g/mol. The summed E-state index contributed by atoms with van der Waals surface area (Å²) < 4.78 is 40.3. The zero-order valence-corrected chi connectivity index (χ0v) is 12.3. The Morgan fingerprint density at radius 3 is 2.00 bits per heavy atom. The molecule has 104 valence electrons. The van der Waals surface area contributed by atoms with E-state index >= 15 is 0 Å². The predicted molar refractivity (Wildman–Crippen MR) is 80.3 cm³/mol. The van der Waals surface area contributed by atoms with Crippen LogP contribution in [0.25, 0.3) is 0 Å². The van der Waals surface area contributed by atoms with Gasteiger partial charge in [-0.2, -0.15) is 0 Å². The van der Waals surface area contributed by atoms with Crippen LogP contribution < -0.4 is 10.6 Å². The van der Waals surface area contributed by atoms with E-state index in [0.717, 1.165) is 12.1 Å². The van der Waals surface area contributed by atoms with Crippen LogP contribution in [0.5, 0.6) is 0 Å². The smallest absolute Gasteiger partial charge is 0.175 e. The third kappa shape index (κ3) is 3.71. The normalized spacial score (nSPS) is 10.2. The highest BCUT2D eigenvalue weighted by molar-refractivity contribution is 9.10. The summed E-state index contributed by atoms with van der Waals surface area (Å²) in [5.74, 6) is -1.99. The minimum Gasteiger partial charge on any atom is -0.330 e. The molecule has 0 fully saturated rings. The molecule has 0 bridgehead atoms. The summed E-state index contributed by atoms with van der Waals surface area (Å²) in [6.45, 7) is 0. The number of nitrogens with one attached hydrogen (secondary N) is 2. The van der Waals surface area contributed by atoms with Crippen LogP contribution in [0.2, 0.25) is 0 Å². The van der Waals surface area contributed by atoms with Gasteiger partial charge in [-0.25, -0.2) is 13.2 Å². The molecule has 0 aliphatic rings. The van der Waals surface area contributed by atoms with Crippen molar-refractivity contribution in [3.8, 4) is 0 Å². The van der Waals surface area contributed by atoms with Crippen LogP contribution in [0.1, 0.15) is 0 Å². The van der Waals surface area contributed by atoms with Gasteiger partial charge in [0.15, 0.2) is 5.11 Å². The van der Waals surface area contributed by atoms with Gasteiger partial charge in [0.25, 0.3) is 0 Å². The molecule has 2 N–H and O–H groups in total. The lowest BCUT2D eigenvalue weighted by Gasteiger charge is -2.12. The van der Waals surface area contributed by atoms with E-state index < -0.39 is 17.5 Å². The second-order valence-electron chi connectivity index (χ2n) is 3.83.